The maximum absolute atomic E-state index is 12.5. The van der Waals surface area contributed by atoms with E-state index in [1.807, 2.05) is 0 Å². The summed E-state index contributed by atoms with van der Waals surface area (Å²) in [5, 5.41) is 0.537. The van der Waals surface area contributed by atoms with Crippen LogP contribution in [-0.2, 0) is 10.0 Å². The third-order valence-electron chi connectivity index (χ3n) is 2.59. The molecule has 0 amide bonds. The minimum Gasteiger partial charge on any atom is -0.492 e. The molecule has 112 valence electrons. The zero-order chi connectivity index (χ0) is 15.5. The molecule has 2 aromatic carbocycles. The van der Waals surface area contributed by atoms with E-state index in [1.54, 1.807) is 43.3 Å². The summed E-state index contributed by atoms with van der Waals surface area (Å²) >= 11 is 9.05. The summed E-state index contributed by atoms with van der Waals surface area (Å²) in [6.45, 7) is 2.18. The number of hydrogen-bond acceptors (Lipinski definition) is 3. The Morgan fingerprint density at radius 1 is 1.19 bits per heavy atom. The Labute approximate surface area is 137 Å². The highest BCUT2D eigenvalue weighted by Crippen LogP contribution is 2.29. The van der Waals surface area contributed by atoms with Crippen molar-refractivity contribution in [1.82, 2.24) is 0 Å². The van der Waals surface area contributed by atoms with Gasteiger partial charge in [-0.2, -0.15) is 0 Å². The van der Waals surface area contributed by atoms with E-state index in [2.05, 4.69) is 20.7 Å². The van der Waals surface area contributed by atoms with Gasteiger partial charge in [-0.3, -0.25) is 4.72 Å². The standard InChI is InChI=1S/C14H13BrClNO3S/c1-2-20-13-8-3-10(15)9-14(13)21(18,19)17-12-6-4-11(16)5-7-12/h3-9,17H,2H2,1H3. The lowest BCUT2D eigenvalue weighted by Gasteiger charge is -2.13. The van der Waals surface area contributed by atoms with Gasteiger partial charge in [-0.15, -0.1) is 0 Å². The van der Waals surface area contributed by atoms with Crippen molar-refractivity contribution in [3.63, 3.8) is 0 Å². The summed E-state index contributed by atoms with van der Waals surface area (Å²) in [6.07, 6.45) is 0. The topological polar surface area (TPSA) is 55.4 Å². The second-order valence-electron chi connectivity index (χ2n) is 4.14. The maximum Gasteiger partial charge on any atom is 0.265 e. The van der Waals surface area contributed by atoms with Gasteiger partial charge in [0.2, 0.25) is 0 Å². The second kappa shape index (κ2) is 6.68. The fourth-order valence-electron chi connectivity index (χ4n) is 1.69. The highest BCUT2D eigenvalue weighted by atomic mass is 79.9. The first-order valence-electron chi connectivity index (χ1n) is 6.13. The molecule has 0 bridgehead atoms. The number of sulfonamides is 1. The Bertz CT molecular complexity index is 732. The summed E-state index contributed by atoms with van der Waals surface area (Å²) in [6, 6.07) is 11.3. The number of rotatable bonds is 5. The van der Waals surface area contributed by atoms with Crippen molar-refractivity contribution in [3.8, 4) is 5.75 Å². The monoisotopic (exact) mass is 389 g/mol. The third-order valence-corrected chi connectivity index (χ3v) is 4.74. The number of hydrogen-bond donors (Lipinski definition) is 1. The smallest absolute Gasteiger partial charge is 0.265 e. The van der Waals surface area contributed by atoms with Gasteiger partial charge in [0.25, 0.3) is 10.0 Å². The van der Waals surface area contributed by atoms with Gasteiger partial charge in [-0.1, -0.05) is 27.5 Å². The van der Waals surface area contributed by atoms with Gasteiger partial charge in [0.15, 0.2) is 0 Å². The highest BCUT2D eigenvalue weighted by molar-refractivity contribution is 9.10. The molecule has 0 radical (unpaired) electrons. The summed E-state index contributed by atoms with van der Waals surface area (Å²) in [7, 11) is -3.75. The van der Waals surface area contributed by atoms with Crippen molar-refractivity contribution in [1.29, 1.82) is 0 Å². The molecule has 7 heteroatoms. The van der Waals surface area contributed by atoms with Crippen molar-refractivity contribution in [2.45, 2.75) is 11.8 Å². The molecule has 0 heterocycles. The van der Waals surface area contributed by atoms with E-state index in [0.717, 1.165) is 0 Å². The van der Waals surface area contributed by atoms with Crippen LogP contribution in [-0.4, -0.2) is 15.0 Å². The van der Waals surface area contributed by atoms with Crippen LogP contribution in [0.2, 0.25) is 5.02 Å². The van der Waals surface area contributed by atoms with Crippen LogP contribution in [0.25, 0.3) is 0 Å². The van der Waals surface area contributed by atoms with E-state index in [0.29, 0.717) is 27.5 Å². The average Bonchev–Trinajstić information content (AvgIpc) is 2.43. The Balaban J connectivity index is 2.39. The molecule has 1 N–H and O–H groups in total. The van der Waals surface area contributed by atoms with E-state index in [9.17, 15) is 8.42 Å². The number of ether oxygens (including phenoxy) is 1. The molecule has 0 atom stereocenters. The van der Waals surface area contributed by atoms with Crippen LogP contribution in [0.4, 0.5) is 5.69 Å². The number of benzene rings is 2. The normalized spacial score (nSPS) is 11.2. The molecule has 0 fully saturated rings. The SMILES string of the molecule is CCOc1ccc(Br)cc1S(=O)(=O)Nc1ccc(Cl)cc1. The first kappa shape index (κ1) is 16.1. The zero-order valence-corrected chi connectivity index (χ0v) is 14.3. The first-order valence-corrected chi connectivity index (χ1v) is 8.78. The Hall–Kier alpha value is -1.24. The molecular weight excluding hydrogens is 378 g/mol. The maximum atomic E-state index is 12.5. The van der Waals surface area contributed by atoms with E-state index in [1.165, 1.54) is 6.07 Å². The summed E-state index contributed by atoms with van der Waals surface area (Å²) in [4.78, 5) is 0.0775. The van der Waals surface area contributed by atoms with Crippen LogP contribution in [0.15, 0.2) is 51.8 Å². The predicted octanol–water partition coefficient (Wildman–Crippen LogP) is 4.30. The van der Waals surface area contributed by atoms with Crippen molar-refractivity contribution >= 4 is 43.2 Å². The molecule has 0 aliphatic heterocycles. The van der Waals surface area contributed by atoms with Crippen LogP contribution < -0.4 is 9.46 Å². The number of nitrogens with one attached hydrogen (secondary N) is 1. The lowest BCUT2D eigenvalue weighted by atomic mass is 10.3. The van der Waals surface area contributed by atoms with Gasteiger partial charge in [0.05, 0.1) is 6.61 Å². The molecule has 2 rings (SSSR count). The molecule has 0 aliphatic carbocycles. The van der Waals surface area contributed by atoms with E-state index >= 15 is 0 Å². The summed E-state index contributed by atoms with van der Waals surface area (Å²) in [5.41, 5.74) is 0.432. The average molecular weight is 391 g/mol. The molecular formula is C14H13BrClNO3S. The fraction of sp³-hybridized carbons (Fsp3) is 0.143. The molecule has 21 heavy (non-hydrogen) atoms. The van der Waals surface area contributed by atoms with Gasteiger partial charge in [0, 0.05) is 15.2 Å². The van der Waals surface area contributed by atoms with Crippen LogP contribution >= 0.6 is 27.5 Å². The lowest BCUT2D eigenvalue weighted by molar-refractivity contribution is 0.331. The third kappa shape index (κ3) is 4.12. The van der Waals surface area contributed by atoms with Crippen molar-refractivity contribution in [2.75, 3.05) is 11.3 Å². The first-order chi connectivity index (χ1) is 9.92. The highest BCUT2D eigenvalue weighted by Gasteiger charge is 2.20. The zero-order valence-electron chi connectivity index (χ0n) is 11.1. The predicted molar refractivity (Wildman–Crippen MR) is 87.6 cm³/mol. The van der Waals surface area contributed by atoms with Gasteiger partial charge in [-0.25, -0.2) is 8.42 Å². The van der Waals surface area contributed by atoms with Crippen molar-refractivity contribution in [2.24, 2.45) is 0 Å². The summed E-state index contributed by atoms with van der Waals surface area (Å²) in [5.74, 6) is 0.308. The van der Waals surface area contributed by atoms with Gasteiger partial charge in [0.1, 0.15) is 10.6 Å². The minimum absolute atomic E-state index is 0.0775. The van der Waals surface area contributed by atoms with Gasteiger partial charge < -0.3 is 4.74 Å². The molecule has 2 aromatic rings. The Kier molecular flexibility index (Phi) is 5.13. The van der Waals surface area contributed by atoms with Gasteiger partial charge >= 0.3 is 0 Å². The molecule has 0 spiro atoms. The summed E-state index contributed by atoms with van der Waals surface area (Å²) < 4.78 is 33.5. The van der Waals surface area contributed by atoms with E-state index < -0.39 is 10.0 Å². The molecule has 0 aliphatic rings. The van der Waals surface area contributed by atoms with Crippen LogP contribution in [0.5, 0.6) is 5.75 Å². The van der Waals surface area contributed by atoms with Crippen LogP contribution in [0.1, 0.15) is 6.92 Å². The fourth-order valence-corrected chi connectivity index (χ4v) is 3.56. The lowest BCUT2D eigenvalue weighted by Crippen LogP contribution is -2.14. The van der Waals surface area contributed by atoms with Crippen LogP contribution in [0.3, 0.4) is 0 Å². The largest absolute Gasteiger partial charge is 0.492 e. The quantitative estimate of drug-likeness (QED) is 0.828. The van der Waals surface area contributed by atoms with E-state index in [-0.39, 0.29) is 4.90 Å². The molecule has 0 aromatic heterocycles. The molecule has 0 saturated heterocycles. The van der Waals surface area contributed by atoms with Crippen LogP contribution in [0, 0.1) is 0 Å². The van der Waals surface area contributed by atoms with E-state index in [4.69, 9.17) is 16.3 Å². The Morgan fingerprint density at radius 3 is 2.48 bits per heavy atom. The second-order valence-corrected chi connectivity index (χ2v) is 7.14. The number of anilines is 1. The van der Waals surface area contributed by atoms with Crippen molar-refractivity contribution < 1.29 is 13.2 Å². The van der Waals surface area contributed by atoms with Gasteiger partial charge in [-0.05, 0) is 49.4 Å². The molecule has 0 unspecified atom stereocenters. The van der Waals surface area contributed by atoms with Crippen molar-refractivity contribution in [3.05, 3.63) is 52.0 Å². The Morgan fingerprint density at radius 2 is 1.86 bits per heavy atom. The minimum atomic E-state index is -3.75. The molecule has 0 saturated carbocycles. The molecule has 4 nitrogen and oxygen atoms in total. The number of halogens is 2.